The second kappa shape index (κ2) is 9.49. The molecule has 0 bridgehead atoms. The molecule has 41 heavy (non-hydrogen) atoms. The maximum absolute atomic E-state index is 16.3. The molecule has 1 amide bonds. The average molecular weight is 585 g/mol. The second-order valence-electron chi connectivity index (χ2n) is 11.3. The van der Waals surface area contributed by atoms with Crippen LogP contribution in [0.1, 0.15) is 27.7 Å². The number of anilines is 2. The summed E-state index contributed by atoms with van der Waals surface area (Å²) >= 11 is 6.59. The smallest absolute Gasteiger partial charge is 0.410 e. The first kappa shape index (κ1) is 27.1. The molecule has 9 nitrogen and oxygen atoms in total. The van der Waals surface area contributed by atoms with Crippen LogP contribution >= 0.6 is 11.6 Å². The zero-order valence-corrected chi connectivity index (χ0v) is 23.6. The van der Waals surface area contributed by atoms with E-state index in [9.17, 15) is 19.1 Å². The maximum Gasteiger partial charge on any atom is 0.410 e. The third-order valence-corrected chi connectivity index (χ3v) is 7.82. The van der Waals surface area contributed by atoms with Gasteiger partial charge < -0.3 is 29.3 Å². The number of carbonyl (C=O) groups is 1. The van der Waals surface area contributed by atoms with Crippen LogP contribution in [0.25, 0.3) is 22.0 Å². The van der Waals surface area contributed by atoms with Crippen LogP contribution in [0.15, 0.2) is 30.0 Å². The molecular weight excluding hydrogens is 558 g/mol. The molecule has 3 aliphatic rings. The summed E-state index contributed by atoms with van der Waals surface area (Å²) in [5, 5.41) is 10.6. The molecule has 214 valence electrons. The van der Waals surface area contributed by atoms with Crippen LogP contribution < -0.4 is 14.5 Å². The topological polar surface area (TPSA) is 95.4 Å². The predicted octanol–water partition coefficient (Wildman–Crippen LogP) is 5.28. The normalized spacial score (nSPS) is 19.9. The number of halogens is 3. The number of amides is 1. The van der Waals surface area contributed by atoms with Gasteiger partial charge in [0.15, 0.2) is 5.82 Å². The predicted molar refractivity (Wildman–Crippen MR) is 149 cm³/mol. The minimum absolute atomic E-state index is 0.0945. The molecule has 0 unspecified atom stereocenters. The van der Waals surface area contributed by atoms with E-state index in [2.05, 4.69) is 10.9 Å². The Kier molecular flexibility index (Phi) is 6.28. The van der Waals surface area contributed by atoms with Gasteiger partial charge in [0.1, 0.15) is 46.6 Å². The van der Waals surface area contributed by atoms with Crippen molar-refractivity contribution in [2.24, 2.45) is 0 Å². The van der Waals surface area contributed by atoms with E-state index in [4.69, 9.17) is 21.1 Å². The molecule has 2 atom stereocenters. The first-order valence-corrected chi connectivity index (χ1v) is 13.5. The van der Waals surface area contributed by atoms with E-state index in [1.54, 1.807) is 30.6 Å². The summed E-state index contributed by atoms with van der Waals surface area (Å²) in [5.41, 5.74) is -0.272. The summed E-state index contributed by atoms with van der Waals surface area (Å²) in [5.74, 6) is -0.0927. The third kappa shape index (κ3) is 4.22. The molecule has 4 heterocycles. The lowest BCUT2D eigenvalue weighted by atomic mass is 9.94. The highest BCUT2D eigenvalue weighted by Gasteiger charge is 2.47. The first-order chi connectivity index (χ1) is 19.4. The molecular formula is C29H27ClF2N4O5. The highest BCUT2D eigenvalue weighted by molar-refractivity contribution is 6.34. The lowest BCUT2D eigenvalue weighted by Crippen LogP contribution is -2.64. The van der Waals surface area contributed by atoms with E-state index in [-0.39, 0.29) is 53.3 Å². The molecule has 0 spiro atoms. The lowest BCUT2D eigenvalue weighted by Gasteiger charge is -2.52. The number of benzene rings is 2. The van der Waals surface area contributed by atoms with Crippen molar-refractivity contribution < 1.29 is 33.0 Å². The Morgan fingerprint density at radius 3 is 2.66 bits per heavy atom. The summed E-state index contributed by atoms with van der Waals surface area (Å²) in [7, 11) is 0. The van der Waals surface area contributed by atoms with Crippen LogP contribution in [-0.4, -0.2) is 71.0 Å². The summed E-state index contributed by atoms with van der Waals surface area (Å²) in [6.45, 7) is 8.05. The fraction of sp³-hybridized carbons (Fsp3) is 0.379. The molecule has 3 aliphatic heterocycles. The van der Waals surface area contributed by atoms with Crippen molar-refractivity contribution in [1.29, 1.82) is 0 Å². The molecule has 6 rings (SSSR count). The van der Waals surface area contributed by atoms with Crippen LogP contribution in [0.4, 0.5) is 25.0 Å². The Hall–Kier alpha value is -4.08. The highest BCUT2D eigenvalue weighted by atomic mass is 35.5. The SMILES string of the molecule is C[C@@H]1CN2c3c4c(nc5c(F)c(-c6c(O)cccc6F)c(Cl)cc35)OCCN4C(=C=O)[C@H]2CN1C(=O)OC(C)(C)C. The number of phenols is 1. The van der Waals surface area contributed by atoms with Crippen molar-refractivity contribution in [2.45, 2.75) is 45.4 Å². The molecule has 0 aliphatic carbocycles. The maximum atomic E-state index is 16.3. The van der Waals surface area contributed by atoms with Crippen LogP contribution in [-0.2, 0) is 9.53 Å². The number of ether oxygens (including phenoxy) is 2. The monoisotopic (exact) mass is 584 g/mol. The van der Waals surface area contributed by atoms with Gasteiger partial charge in [-0.2, -0.15) is 0 Å². The van der Waals surface area contributed by atoms with Gasteiger partial charge in [0.2, 0.25) is 5.88 Å². The molecule has 0 saturated carbocycles. The number of hydrogen-bond donors (Lipinski definition) is 1. The summed E-state index contributed by atoms with van der Waals surface area (Å²) in [6.07, 6.45) is -0.508. The van der Waals surface area contributed by atoms with Gasteiger partial charge >= 0.3 is 6.09 Å². The molecule has 12 heteroatoms. The number of aromatic hydroxyl groups is 1. The quantitative estimate of drug-likeness (QED) is 0.386. The van der Waals surface area contributed by atoms with Crippen LogP contribution in [0.3, 0.4) is 0 Å². The van der Waals surface area contributed by atoms with Crippen molar-refractivity contribution in [1.82, 2.24) is 9.88 Å². The number of nitrogens with zero attached hydrogens (tertiary/aromatic N) is 4. The fourth-order valence-corrected chi connectivity index (χ4v) is 6.11. The lowest BCUT2D eigenvalue weighted by molar-refractivity contribution is 0.0134. The number of aromatic nitrogens is 1. The fourth-order valence-electron chi connectivity index (χ4n) is 5.83. The van der Waals surface area contributed by atoms with E-state index in [1.807, 2.05) is 11.8 Å². The molecule has 2 aromatic carbocycles. The van der Waals surface area contributed by atoms with Gasteiger partial charge in [0.25, 0.3) is 0 Å². The molecule has 1 fully saturated rings. The minimum atomic E-state index is -0.929. The standard InChI is InChI=1S/C29H27ClF2N4O5/c1-14-11-36-18(12-35(14)28(39)41-29(2,3)4)19(13-37)34-8-9-40-27-26(34)25(36)15-10-16(30)21(23(32)24(15)33-27)22-17(31)6-5-7-20(22)38/h5-7,10,14,18,38H,8-9,11-12H2,1-4H3/t14-,18-/m1/s1. The average Bonchev–Trinajstić information content (AvgIpc) is 2.89. The van der Waals surface area contributed by atoms with E-state index < -0.39 is 35.1 Å². The Bertz CT molecular complexity index is 1650. The number of phenolic OH excluding ortho intramolecular Hbond substituents is 1. The molecule has 1 saturated heterocycles. The van der Waals surface area contributed by atoms with E-state index in [0.29, 0.717) is 29.0 Å². The Balaban J connectivity index is 1.57. The Morgan fingerprint density at radius 1 is 1.22 bits per heavy atom. The van der Waals surface area contributed by atoms with Crippen molar-refractivity contribution in [3.63, 3.8) is 0 Å². The van der Waals surface area contributed by atoms with Gasteiger partial charge in [0, 0.05) is 23.5 Å². The minimum Gasteiger partial charge on any atom is -0.507 e. The van der Waals surface area contributed by atoms with Crippen LogP contribution in [0.5, 0.6) is 11.6 Å². The first-order valence-electron chi connectivity index (χ1n) is 13.2. The van der Waals surface area contributed by atoms with Gasteiger partial charge in [-0.1, -0.05) is 17.7 Å². The largest absolute Gasteiger partial charge is 0.507 e. The molecule has 3 aromatic rings. The van der Waals surface area contributed by atoms with Crippen LogP contribution in [0, 0.1) is 11.6 Å². The number of hydrogen-bond acceptors (Lipinski definition) is 8. The zero-order chi connectivity index (χ0) is 29.4. The van der Waals surface area contributed by atoms with Crippen molar-refractivity contribution >= 4 is 45.9 Å². The summed E-state index contributed by atoms with van der Waals surface area (Å²) in [4.78, 5) is 35.2. The van der Waals surface area contributed by atoms with Crippen molar-refractivity contribution in [3.8, 4) is 22.8 Å². The molecule has 0 radical (unpaired) electrons. The Morgan fingerprint density at radius 2 is 1.98 bits per heavy atom. The van der Waals surface area contributed by atoms with Gasteiger partial charge in [-0.25, -0.2) is 23.4 Å². The van der Waals surface area contributed by atoms with E-state index >= 15 is 4.39 Å². The van der Waals surface area contributed by atoms with E-state index in [0.717, 1.165) is 6.07 Å². The van der Waals surface area contributed by atoms with Gasteiger partial charge in [-0.05, 0) is 45.9 Å². The zero-order valence-electron chi connectivity index (χ0n) is 22.8. The summed E-state index contributed by atoms with van der Waals surface area (Å²) in [6, 6.07) is 4.15. The van der Waals surface area contributed by atoms with E-state index in [1.165, 1.54) is 18.2 Å². The molecule has 1 aromatic heterocycles. The molecule has 1 N–H and O–H groups in total. The number of carbonyl (C=O) groups excluding carboxylic acids is 2. The Labute approximate surface area is 239 Å². The number of rotatable bonds is 1. The van der Waals surface area contributed by atoms with Crippen LogP contribution in [0.2, 0.25) is 5.02 Å². The van der Waals surface area contributed by atoms with Gasteiger partial charge in [-0.15, -0.1) is 0 Å². The number of piperazine rings is 1. The second-order valence-corrected chi connectivity index (χ2v) is 11.7. The van der Waals surface area contributed by atoms with Crippen molar-refractivity contribution in [3.05, 3.63) is 46.6 Å². The summed E-state index contributed by atoms with van der Waals surface area (Å²) < 4.78 is 42.6. The highest BCUT2D eigenvalue weighted by Crippen LogP contribution is 2.53. The van der Waals surface area contributed by atoms with Crippen molar-refractivity contribution in [2.75, 3.05) is 36.0 Å². The number of fused-ring (bicyclic) bond motifs is 4. The van der Waals surface area contributed by atoms with Gasteiger partial charge in [0.05, 0.1) is 35.4 Å². The number of pyridine rings is 1. The van der Waals surface area contributed by atoms with Gasteiger partial charge in [-0.3, -0.25) is 0 Å². The third-order valence-electron chi connectivity index (χ3n) is 7.52.